The normalized spacial score (nSPS) is 17.9. The fraction of sp³-hybridized carbons (Fsp3) is 0.474. The first-order valence-corrected chi connectivity index (χ1v) is 8.70. The van der Waals surface area contributed by atoms with Crippen LogP contribution in [0.1, 0.15) is 42.5 Å². The quantitative estimate of drug-likeness (QED) is 0.826. The third-order valence-electron chi connectivity index (χ3n) is 4.68. The zero-order valence-electron chi connectivity index (χ0n) is 14.2. The number of rotatable bonds is 6. The topological polar surface area (TPSA) is 58.2 Å². The van der Waals surface area contributed by atoms with E-state index in [-0.39, 0.29) is 5.91 Å². The van der Waals surface area contributed by atoms with Gasteiger partial charge >= 0.3 is 0 Å². The molecule has 0 spiro atoms. The number of carbonyl (C=O) groups excluding carboxylic acids is 1. The van der Waals surface area contributed by atoms with E-state index in [9.17, 15) is 4.79 Å². The first-order chi connectivity index (χ1) is 11.8. The van der Waals surface area contributed by atoms with Gasteiger partial charge in [0.1, 0.15) is 5.82 Å². The first kappa shape index (κ1) is 16.7. The van der Waals surface area contributed by atoms with Gasteiger partial charge in [-0.15, -0.1) is 0 Å². The highest BCUT2D eigenvalue weighted by Crippen LogP contribution is 2.27. The Morgan fingerprint density at radius 3 is 3.04 bits per heavy atom. The number of piperidine rings is 1. The fourth-order valence-corrected chi connectivity index (χ4v) is 3.47. The van der Waals surface area contributed by atoms with Crippen molar-refractivity contribution in [2.24, 2.45) is 0 Å². The van der Waals surface area contributed by atoms with Crippen molar-refractivity contribution in [3.63, 3.8) is 0 Å². The van der Waals surface area contributed by atoms with Crippen LogP contribution in [0.2, 0.25) is 0 Å². The first-order valence-electron chi connectivity index (χ1n) is 8.70. The lowest BCUT2D eigenvalue weighted by molar-refractivity contribution is 0.0586. The zero-order valence-corrected chi connectivity index (χ0v) is 14.2. The van der Waals surface area contributed by atoms with Crippen molar-refractivity contribution in [2.45, 2.75) is 38.1 Å². The third-order valence-corrected chi connectivity index (χ3v) is 4.68. The van der Waals surface area contributed by atoms with Gasteiger partial charge in [-0.3, -0.25) is 4.79 Å². The minimum atomic E-state index is 0.115. The number of amides is 1. The van der Waals surface area contributed by atoms with Gasteiger partial charge in [0.15, 0.2) is 0 Å². The van der Waals surface area contributed by atoms with Crippen LogP contribution in [0.25, 0.3) is 11.4 Å². The maximum absolute atomic E-state index is 13.2. The Labute approximate surface area is 143 Å². The largest absolute Gasteiger partial charge is 0.385 e. The van der Waals surface area contributed by atoms with Crippen LogP contribution in [0.5, 0.6) is 0 Å². The summed E-state index contributed by atoms with van der Waals surface area (Å²) < 4.78 is 5.17. The Bertz CT molecular complexity index is 654. The minimum Gasteiger partial charge on any atom is -0.385 e. The molecule has 1 aromatic carbocycles. The van der Waals surface area contributed by atoms with Crippen molar-refractivity contribution in [3.05, 3.63) is 42.2 Å². The molecule has 1 aliphatic rings. The van der Waals surface area contributed by atoms with E-state index >= 15 is 0 Å². The number of aromatic nitrogens is 2. The van der Waals surface area contributed by atoms with E-state index in [0.717, 1.165) is 55.8 Å². The molecule has 1 N–H and O–H groups in total. The predicted molar refractivity (Wildman–Crippen MR) is 93.8 cm³/mol. The van der Waals surface area contributed by atoms with Crippen LogP contribution < -0.4 is 0 Å². The average molecular weight is 327 g/mol. The van der Waals surface area contributed by atoms with E-state index in [2.05, 4.69) is 14.9 Å². The number of likely N-dealkylation sites (tertiary alicyclic amines) is 1. The van der Waals surface area contributed by atoms with E-state index in [1.54, 1.807) is 19.5 Å². The number of benzene rings is 1. The minimum absolute atomic E-state index is 0.115. The number of methoxy groups -OCH3 is 1. The molecule has 5 heteroatoms. The molecule has 3 rings (SSSR count). The second-order valence-corrected chi connectivity index (χ2v) is 6.27. The molecule has 1 saturated heterocycles. The van der Waals surface area contributed by atoms with Crippen LogP contribution in [0.15, 0.2) is 36.7 Å². The van der Waals surface area contributed by atoms with Crippen molar-refractivity contribution in [1.29, 1.82) is 0 Å². The molecule has 128 valence electrons. The smallest absolute Gasteiger partial charge is 0.254 e. The highest BCUT2D eigenvalue weighted by atomic mass is 16.5. The SMILES string of the molecule is COCCC[C@H]1CCCCN1C(=O)c1ccccc1-c1ncc[nH]1. The molecular weight excluding hydrogens is 302 g/mol. The summed E-state index contributed by atoms with van der Waals surface area (Å²) in [7, 11) is 1.73. The molecule has 0 aliphatic carbocycles. The van der Waals surface area contributed by atoms with E-state index < -0.39 is 0 Å². The molecule has 1 atom stereocenters. The van der Waals surface area contributed by atoms with Crippen molar-refractivity contribution >= 4 is 5.91 Å². The van der Waals surface area contributed by atoms with Crippen LogP contribution in [0.4, 0.5) is 0 Å². The molecule has 1 fully saturated rings. The number of H-pyrrole nitrogens is 1. The molecule has 1 aliphatic heterocycles. The summed E-state index contributed by atoms with van der Waals surface area (Å²) in [5.74, 6) is 0.857. The number of carbonyl (C=O) groups is 1. The van der Waals surface area contributed by atoms with Gasteiger partial charge in [0.2, 0.25) is 0 Å². The van der Waals surface area contributed by atoms with Gasteiger partial charge in [-0.05, 0) is 38.2 Å². The Balaban J connectivity index is 1.82. The van der Waals surface area contributed by atoms with Crippen LogP contribution in [0.3, 0.4) is 0 Å². The molecule has 0 unspecified atom stereocenters. The molecule has 0 radical (unpaired) electrons. The number of imidazole rings is 1. The summed E-state index contributed by atoms with van der Waals surface area (Å²) in [5.41, 5.74) is 1.60. The van der Waals surface area contributed by atoms with Gasteiger partial charge in [-0.1, -0.05) is 18.2 Å². The highest BCUT2D eigenvalue weighted by Gasteiger charge is 2.28. The van der Waals surface area contributed by atoms with Gasteiger partial charge in [-0.25, -0.2) is 4.98 Å². The Kier molecular flexibility index (Phi) is 5.64. The van der Waals surface area contributed by atoms with Crippen molar-refractivity contribution in [2.75, 3.05) is 20.3 Å². The Hall–Kier alpha value is -2.14. The van der Waals surface area contributed by atoms with E-state index in [0.29, 0.717) is 6.04 Å². The van der Waals surface area contributed by atoms with Gasteiger partial charge in [0, 0.05) is 44.3 Å². The number of hydrogen-bond acceptors (Lipinski definition) is 3. The number of nitrogens with zero attached hydrogens (tertiary/aromatic N) is 2. The predicted octanol–water partition coefficient (Wildman–Crippen LogP) is 3.50. The molecule has 1 aromatic heterocycles. The number of nitrogens with one attached hydrogen (secondary N) is 1. The van der Waals surface area contributed by atoms with Crippen molar-refractivity contribution < 1.29 is 9.53 Å². The average Bonchev–Trinajstić information content (AvgIpc) is 3.16. The Morgan fingerprint density at radius 1 is 1.38 bits per heavy atom. The maximum Gasteiger partial charge on any atom is 0.254 e. The number of aromatic amines is 1. The second-order valence-electron chi connectivity index (χ2n) is 6.27. The summed E-state index contributed by atoms with van der Waals surface area (Å²) in [6, 6.07) is 8.03. The number of ether oxygens (including phenoxy) is 1. The molecule has 0 saturated carbocycles. The molecule has 1 amide bonds. The molecule has 2 heterocycles. The zero-order chi connectivity index (χ0) is 16.8. The standard InChI is InChI=1S/C19H25N3O2/c1-24-14-6-8-15-7-4-5-13-22(15)19(23)17-10-3-2-9-16(17)18-20-11-12-21-18/h2-3,9-12,15H,4-8,13-14H2,1H3,(H,20,21)/t15-/m1/s1. The number of hydrogen-bond donors (Lipinski definition) is 1. The lowest BCUT2D eigenvalue weighted by Crippen LogP contribution is -2.44. The molecule has 0 bridgehead atoms. The van der Waals surface area contributed by atoms with Crippen molar-refractivity contribution in [1.82, 2.24) is 14.9 Å². The molecule has 24 heavy (non-hydrogen) atoms. The summed E-state index contributed by atoms with van der Waals surface area (Å²) in [4.78, 5) is 22.7. The van der Waals surface area contributed by atoms with Crippen LogP contribution >= 0.6 is 0 Å². The summed E-state index contributed by atoms with van der Waals surface area (Å²) in [6.45, 7) is 1.59. The third kappa shape index (κ3) is 3.67. The molecule has 2 aromatic rings. The fourth-order valence-electron chi connectivity index (χ4n) is 3.47. The Morgan fingerprint density at radius 2 is 2.25 bits per heavy atom. The van der Waals surface area contributed by atoms with Crippen LogP contribution in [-0.2, 0) is 4.74 Å². The summed E-state index contributed by atoms with van der Waals surface area (Å²) in [5, 5.41) is 0. The van der Waals surface area contributed by atoms with Gasteiger partial charge in [0.25, 0.3) is 5.91 Å². The van der Waals surface area contributed by atoms with E-state index in [1.165, 1.54) is 6.42 Å². The van der Waals surface area contributed by atoms with Crippen LogP contribution in [0, 0.1) is 0 Å². The maximum atomic E-state index is 13.2. The lowest BCUT2D eigenvalue weighted by Gasteiger charge is -2.36. The van der Waals surface area contributed by atoms with Crippen molar-refractivity contribution in [3.8, 4) is 11.4 Å². The molecular formula is C19H25N3O2. The second kappa shape index (κ2) is 8.11. The van der Waals surface area contributed by atoms with E-state index in [4.69, 9.17) is 4.74 Å². The summed E-state index contributed by atoms with van der Waals surface area (Å²) >= 11 is 0. The van der Waals surface area contributed by atoms with Gasteiger partial charge < -0.3 is 14.6 Å². The monoisotopic (exact) mass is 327 g/mol. The summed E-state index contributed by atoms with van der Waals surface area (Å²) in [6.07, 6.45) is 8.85. The molecule has 5 nitrogen and oxygen atoms in total. The van der Waals surface area contributed by atoms with Gasteiger partial charge in [-0.2, -0.15) is 0 Å². The van der Waals surface area contributed by atoms with Gasteiger partial charge in [0.05, 0.1) is 5.56 Å². The van der Waals surface area contributed by atoms with Crippen LogP contribution in [-0.4, -0.2) is 47.1 Å². The highest BCUT2D eigenvalue weighted by molar-refractivity contribution is 6.00. The lowest BCUT2D eigenvalue weighted by atomic mass is 9.96. The van der Waals surface area contributed by atoms with E-state index in [1.807, 2.05) is 24.3 Å².